The molecule has 108 valence electrons. The fourth-order valence-electron chi connectivity index (χ4n) is 3.54. The molecule has 2 aliphatic rings. The van der Waals surface area contributed by atoms with Crippen molar-refractivity contribution in [2.75, 3.05) is 11.9 Å². The number of ether oxygens (including phenoxy) is 1. The summed E-state index contributed by atoms with van der Waals surface area (Å²) >= 11 is 0. The van der Waals surface area contributed by atoms with Crippen LogP contribution >= 0.6 is 0 Å². The minimum Gasteiger partial charge on any atom is -0.381 e. The molecule has 1 heterocycles. The maximum atomic E-state index is 13.3. The van der Waals surface area contributed by atoms with Gasteiger partial charge in [0.15, 0.2) is 0 Å². The Kier molecular flexibility index (Phi) is 2.93. The Bertz CT molecular complexity index is 561. The average molecular weight is 280 g/mol. The summed E-state index contributed by atoms with van der Waals surface area (Å²) in [6.45, 7) is 5.00. The Morgan fingerprint density at radius 2 is 2.25 bits per heavy atom. The Hall–Kier alpha value is -1.69. The maximum absolute atomic E-state index is 13.3. The molecule has 0 radical (unpaired) electrons. The van der Waals surface area contributed by atoms with Crippen LogP contribution in [-0.4, -0.2) is 23.7 Å². The predicted octanol–water partition coefficient (Wildman–Crippen LogP) is 2.96. The van der Waals surface area contributed by atoms with Crippen molar-refractivity contribution in [3.8, 4) is 0 Å². The second-order valence-corrected chi connectivity index (χ2v) is 6.11. The Morgan fingerprint density at radius 1 is 1.50 bits per heavy atom. The quantitative estimate of drug-likeness (QED) is 0.683. The molecule has 1 saturated heterocycles. The van der Waals surface area contributed by atoms with E-state index in [2.05, 4.69) is 19.2 Å². The van der Waals surface area contributed by atoms with Gasteiger partial charge < -0.3 is 10.1 Å². The van der Waals surface area contributed by atoms with Crippen LogP contribution in [0.4, 0.5) is 15.8 Å². The lowest BCUT2D eigenvalue weighted by molar-refractivity contribution is -0.387. The number of hydrogen-bond acceptors (Lipinski definition) is 4. The predicted molar refractivity (Wildman–Crippen MR) is 72.1 cm³/mol. The van der Waals surface area contributed by atoms with Gasteiger partial charge in [0.05, 0.1) is 11.0 Å². The van der Waals surface area contributed by atoms with E-state index in [0.29, 0.717) is 11.6 Å². The molecule has 0 aromatic heterocycles. The van der Waals surface area contributed by atoms with Gasteiger partial charge in [0.25, 0.3) is 0 Å². The minimum atomic E-state index is -0.810. The molecule has 20 heavy (non-hydrogen) atoms. The smallest absolute Gasteiger partial charge is 0.306 e. The number of nitro groups is 1. The normalized spacial score (nSPS) is 30.4. The summed E-state index contributed by atoms with van der Waals surface area (Å²) in [4.78, 5) is 10.1. The summed E-state index contributed by atoms with van der Waals surface area (Å²) in [5.41, 5.74) is 0.0671. The first-order chi connectivity index (χ1) is 9.41. The zero-order chi connectivity index (χ0) is 14.5. The van der Waals surface area contributed by atoms with Gasteiger partial charge in [0.2, 0.25) is 5.82 Å². The van der Waals surface area contributed by atoms with Crippen LogP contribution in [0.25, 0.3) is 0 Å². The van der Waals surface area contributed by atoms with Crippen LogP contribution in [0, 0.1) is 27.3 Å². The van der Waals surface area contributed by atoms with Gasteiger partial charge in [-0.05, 0) is 18.6 Å². The molecule has 1 aliphatic heterocycles. The number of benzene rings is 1. The first-order valence-corrected chi connectivity index (χ1v) is 6.73. The lowest BCUT2D eigenvalue weighted by Gasteiger charge is -2.55. The van der Waals surface area contributed by atoms with Gasteiger partial charge in [-0.25, -0.2) is 0 Å². The molecule has 6 heteroatoms. The number of nitrogens with one attached hydrogen (secondary N) is 1. The third-order valence-corrected chi connectivity index (χ3v) is 4.57. The average Bonchev–Trinajstić information content (AvgIpc) is 2.84. The van der Waals surface area contributed by atoms with Crippen LogP contribution in [0.5, 0.6) is 0 Å². The van der Waals surface area contributed by atoms with Crippen molar-refractivity contribution >= 4 is 11.4 Å². The van der Waals surface area contributed by atoms with E-state index in [-0.39, 0.29) is 17.6 Å². The lowest BCUT2D eigenvalue weighted by atomic mass is 9.57. The molecule has 1 aliphatic carbocycles. The molecule has 1 saturated carbocycles. The van der Waals surface area contributed by atoms with Crippen molar-refractivity contribution in [1.82, 2.24) is 0 Å². The molecule has 3 unspecified atom stereocenters. The first-order valence-electron chi connectivity index (χ1n) is 6.73. The van der Waals surface area contributed by atoms with E-state index in [4.69, 9.17) is 4.74 Å². The highest BCUT2D eigenvalue weighted by molar-refractivity contribution is 5.53. The molecule has 3 atom stereocenters. The van der Waals surface area contributed by atoms with Crippen molar-refractivity contribution in [3.63, 3.8) is 0 Å². The van der Waals surface area contributed by atoms with E-state index in [1.165, 1.54) is 6.07 Å². The second kappa shape index (κ2) is 4.41. The molecule has 3 rings (SSSR count). The van der Waals surface area contributed by atoms with Crippen LogP contribution in [0.2, 0.25) is 0 Å². The number of fused-ring (bicyclic) bond motifs is 1. The number of hydrogen-bond donors (Lipinski definition) is 1. The molecule has 2 fully saturated rings. The molecule has 0 bridgehead atoms. The first kappa shape index (κ1) is 13.3. The Morgan fingerprint density at radius 3 is 2.95 bits per heavy atom. The molecule has 1 aromatic carbocycles. The van der Waals surface area contributed by atoms with E-state index in [1.807, 2.05) is 0 Å². The van der Waals surface area contributed by atoms with Gasteiger partial charge >= 0.3 is 5.69 Å². The van der Waals surface area contributed by atoms with Crippen molar-refractivity contribution in [2.45, 2.75) is 32.4 Å². The summed E-state index contributed by atoms with van der Waals surface area (Å²) in [6, 6.07) is 4.13. The summed E-state index contributed by atoms with van der Waals surface area (Å²) in [7, 11) is 0. The lowest BCUT2D eigenvalue weighted by Crippen LogP contribution is -2.63. The maximum Gasteiger partial charge on any atom is 0.306 e. The van der Waals surface area contributed by atoms with Crippen molar-refractivity contribution in [1.29, 1.82) is 0 Å². The number of halogens is 1. The summed E-state index contributed by atoms with van der Waals surface area (Å²) < 4.78 is 19.0. The van der Waals surface area contributed by atoms with E-state index < -0.39 is 16.4 Å². The molecule has 1 aromatic rings. The third-order valence-electron chi connectivity index (χ3n) is 4.57. The largest absolute Gasteiger partial charge is 0.381 e. The van der Waals surface area contributed by atoms with Crippen LogP contribution < -0.4 is 5.32 Å². The number of nitro benzene ring substituents is 1. The topological polar surface area (TPSA) is 64.4 Å². The van der Waals surface area contributed by atoms with Crippen molar-refractivity contribution < 1.29 is 14.1 Å². The number of rotatable bonds is 3. The van der Waals surface area contributed by atoms with Gasteiger partial charge in [-0.3, -0.25) is 10.1 Å². The van der Waals surface area contributed by atoms with Crippen LogP contribution in [0.3, 0.4) is 0 Å². The SMILES string of the molecule is CC1(C)C(Nc2ccc(F)c([N+](=O)[O-])c2)C2CCOC21. The zero-order valence-electron chi connectivity index (χ0n) is 11.4. The number of nitrogens with zero attached hydrogens (tertiary/aromatic N) is 1. The summed E-state index contributed by atoms with van der Waals surface area (Å²) in [6.07, 6.45) is 1.24. The Labute approximate surface area is 116 Å². The Balaban J connectivity index is 1.82. The van der Waals surface area contributed by atoms with E-state index >= 15 is 0 Å². The summed E-state index contributed by atoms with van der Waals surface area (Å²) in [5.74, 6) is -0.385. The molecular formula is C14H17FN2O3. The van der Waals surface area contributed by atoms with Crippen LogP contribution in [0.1, 0.15) is 20.3 Å². The fraction of sp³-hybridized carbons (Fsp3) is 0.571. The van der Waals surface area contributed by atoms with Gasteiger partial charge in [-0.1, -0.05) is 13.8 Å². The molecule has 0 amide bonds. The van der Waals surface area contributed by atoms with Crippen LogP contribution in [0.15, 0.2) is 18.2 Å². The van der Waals surface area contributed by atoms with Gasteiger partial charge in [-0.15, -0.1) is 0 Å². The highest BCUT2D eigenvalue weighted by Gasteiger charge is 2.59. The highest BCUT2D eigenvalue weighted by atomic mass is 19.1. The van der Waals surface area contributed by atoms with Crippen LogP contribution in [-0.2, 0) is 4.74 Å². The molecule has 0 spiro atoms. The van der Waals surface area contributed by atoms with E-state index in [0.717, 1.165) is 19.1 Å². The molecule has 5 nitrogen and oxygen atoms in total. The van der Waals surface area contributed by atoms with Crippen molar-refractivity contribution in [2.24, 2.45) is 11.3 Å². The number of anilines is 1. The molecule has 1 N–H and O–H groups in total. The fourth-order valence-corrected chi connectivity index (χ4v) is 3.54. The van der Waals surface area contributed by atoms with Gasteiger partial charge in [0.1, 0.15) is 0 Å². The monoisotopic (exact) mass is 280 g/mol. The second-order valence-electron chi connectivity index (χ2n) is 6.11. The molecular weight excluding hydrogens is 263 g/mol. The van der Waals surface area contributed by atoms with Crippen molar-refractivity contribution in [3.05, 3.63) is 34.1 Å². The highest BCUT2D eigenvalue weighted by Crippen LogP contribution is 2.53. The van der Waals surface area contributed by atoms with E-state index in [1.54, 1.807) is 6.07 Å². The summed E-state index contributed by atoms with van der Waals surface area (Å²) in [5, 5.41) is 14.1. The van der Waals surface area contributed by atoms with Gasteiger partial charge in [-0.2, -0.15) is 4.39 Å². The van der Waals surface area contributed by atoms with Gasteiger partial charge in [0, 0.05) is 35.7 Å². The standard InChI is InChI=1S/C14H17FN2O3/c1-14(2)12(9-5-6-20-13(9)14)16-8-3-4-10(15)11(7-8)17(18)19/h3-4,7,9,12-13,16H,5-6H2,1-2H3. The third kappa shape index (κ3) is 1.86. The minimum absolute atomic E-state index is 0.0235. The van der Waals surface area contributed by atoms with E-state index in [9.17, 15) is 14.5 Å². The zero-order valence-corrected chi connectivity index (χ0v) is 11.4.